The maximum Gasteiger partial charge on any atom is 0.105 e. The summed E-state index contributed by atoms with van der Waals surface area (Å²) in [7, 11) is 0. The van der Waals surface area contributed by atoms with E-state index >= 15 is 0 Å². The average Bonchev–Trinajstić information content (AvgIpc) is 2.16. The molecule has 1 aliphatic heterocycles. The molecular weight excluding hydrogens is 192 g/mol. The summed E-state index contributed by atoms with van der Waals surface area (Å²) >= 11 is 0. The van der Waals surface area contributed by atoms with E-state index in [1.807, 2.05) is 24.3 Å². The SMILES string of the molecule is CC(O)c1ccc(COC2COC2)cc1. The molecule has 2 rings (SSSR count). The lowest BCUT2D eigenvalue weighted by Crippen LogP contribution is -2.35. The van der Waals surface area contributed by atoms with E-state index in [-0.39, 0.29) is 6.10 Å². The number of aliphatic hydroxyl groups is 1. The Labute approximate surface area is 89.6 Å². The summed E-state index contributed by atoms with van der Waals surface area (Å²) in [5.74, 6) is 0. The lowest BCUT2D eigenvalue weighted by atomic mass is 10.1. The van der Waals surface area contributed by atoms with Gasteiger partial charge in [0.15, 0.2) is 0 Å². The third kappa shape index (κ3) is 2.78. The Morgan fingerprint density at radius 3 is 2.53 bits per heavy atom. The van der Waals surface area contributed by atoms with Crippen LogP contribution in [0.15, 0.2) is 24.3 Å². The van der Waals surface area contributed by atoms with Crippen molar-refractivity contribution in [2.45, 2.75) is 25.7 Å². The molecular formula is C12H16O3. The van der Waals surface area contributed by atoms with Gasteiger partial charge < -0.3 is 14.6 Å². The van der Waals surface area contributed by atoms with Gasteiger partial charge in [-0.15, -0.1) is 0 Å². The summed E-state index contributed by atoms with van der Waals surface area (Å²) in [4.78, 5) is 0. The summed E-state index contributed by atoms with van der Waals surface area (Å²) in [6, 6.07) is 7.84. The normalized spacial score (nSPS) is 18.5. The molecule has 0 spiro atoms. The van der Waals surface area contributed by atoms with Crippen molar-refractivity contribution in [1.82, 2.24) is 0 Å². The Morgan fingerprint density at radius 1 is 1.40 bits per heavy atom. The summed E-state index contributed by atoms with van der Waals surface area (Å²) in [5.41, 5.74) is 2.07. The zero-order chi connectivity index (χ0) is 10.7. The maximum absolute atomic E-state index is 9.33. The Morgan fingerprint density at radius 2 is 2.07 bits per heavy atom. The second-order valence-electron chi connectivity index (χ2n) is 3.89. The van der Waals surface area contributed by atoms with Crippen LogP contribution in [0, 0.1) is 0 Å². The predicted octanol–water partition coefficient (Wildman–Crippen LogP) is 1.66. The number of hydrogen-bond acceptors (Lipinski definition) is 3. The summed E-state index contributed by atoms with van der Waals surface area (Å²) in [6.07, 6.45) is -0.138. The molecule has 1 N–H and O–H groups in total. The van der Waals surface area contributed by atoms with Crippen LogP contribution in [0.5, 0.6) is 0 Å². The lowest BCUT2D eigenvalue weighted by Gasteiger charge is -2.26. The highest BCUT2D eigenvalue weighted by molar-refractivity contribution is 5.23. The minimum Gasteiger partial charge on any atom is -0.389 e. The van der Waals surface area contributed by atoms with Crippen LogP contribution in [0.1, 0.15) is 24.2 Å². The van der Waals surface area contributed by atoms with E-state index in [9.17, 15) is 5.11 Å². The van der Waals surface area contributed by atoms with E-state index < -0.39 is 6.10 Å². The van der Waals surface area contributed by atoms with Crippen molar-refractivity contribution >= 4 is 0 Å². The molecule has 3 nitrogen and oxygen atoms in total. The first-order valence-electron chi connectivity index (χ1n) is 5.22. The number of ether oxygens (including phenoxy) is 2. The van der Waals surface area contributed by atoms with Crippen LogP contribution in [-0.4, -0.2) is 24.4 Å². The average molecular weight is 208 g/mol. The molecule has 0 radical (unpaired) electrons. The molecule has 3 heteroatoms. The van der Waals surface area contributed by atoms with Crippen LogP contribution in [-0.2, 0) is 16.1 Å². The van der Waals surface area contributed by atoms with E-state index in [2.05, 4.69) is 0 Å². The minimum absolute atomic E-state index is 0.265. The zero-order valence-electron chi connectivity index (χ0n) is 8.85. The van der Waals surface area contributed by atoms with Crippen molar-refractivity contribution in [3.8, 4) is 0 Å². The first-order chi connectivity index (χ1) is 7.25. The summed E-state index contributed by atoms with van der Waals surface area (Å²) in [6.45, 7) is 3.81. The second kappa shape index (κ2) is 4.75. The van der Waals surface area contributed by atoms with Crippen LogP contribution in [0.4, 0.5) is 0 Å². The van der Waals surface area contributed by atoms with Gasteiger partial charge in [0.1, 0.15) is 6.10 Å². The van der Waals surface area contributed by atoms with Crippen molar-refractivity contribution in [2.75, 3.05) is 13.2 Å². The van der Waals surface area contributed by atoms with Crippen molar-refractivity contribution in [1.29, 1.82) is 0 Å². The smallest absolute Gasteiger partial charge is 0.105 e. The Bertz CT molecular complexity index is 301. The third-order valence-electron chi connectivity index (χ3n) is 2.56. The molecule has 0 saturated carbocycles. The van der Waals surface area contributed by atoms with Crippen molar-refractivity contribution in [2.24, 2.45) is 0 Å². The van der Waals surface area contributed by atoms with Gasteiger partial charge in [-0.2, -0.15) is 0 Å². The van der Waals surface area contributed by atoms with Crippen LogP contribution >= 0.6 is 0 Å². The molecule has 1 aliphatic rings. The molecule has 0 aliphatic carbocycles. The first-order valence-corrected chi connectivity index (χ1v) is 5.22. The van der Waals surface area contributed by atoms with Crippen molar-refractivity contribution in [3.63, 3.8) is 0 Å². The van der Waals surface area contributed by atoms with Gasteiger partial charge in [0.05, 0.1) is 25.9 Å². The molecule has 0 bridgehead atoms. The Hall–Kier alpha value is -0.900. The molecule has 1 saturated heterocycles. The Kier molecular flexibility index (Phi) is 3.36. The van der Waals surface area contributed by atoms with Gasteiger partial charge in [0.2, 0.25) is 0 Å². The fourth-order valence-corrected chi connectivity index (χ4v) is 1.42. The minimum atomic E-state index is -0.403. The van der Waals surface area contributed by atoms with E-state index in [1.54, 1.807) is 6.92 Å². The van der Waals surface area contributed by atoms with E-state index in [0.717, 1.165) is 11.1 Å². The quantitative estimate of drug-likeness (QED) is 0.817. The van der Waals surface area contributed by atoms with Crippen LogP contribution in [0.3, 0.4) is 0 Å². The third-order valence-corrected chi connectivity index (χ3v) is 2.56. The monoisotopic (exact) mass is 208 g/mol. The van der Waals surface area contributed by atoms with Crippen molar-refractivity contribution < 1.29 is 14.6 Å². The topological polar surface area (TPSA) is 38.7 Å². The van der Waals surface area contributed by atoms with Gasteiger partial charge in [-0.05, 0) is 18.1 Å². The highest BCUT2D eigenvalue weighted by Gasteiger charge is 2.18. The molecule has 1 unspecified atom stereocenters. The van der Waals surface area contributed by atoms with Gasteiger partial charge in [-0.3, -0.25) is 0 Å². The van der Waals surface area contributed by atoms with E-state index in [0.29, 0.717) is 19.8 Å². The number of benzene rings is 1. The number of aliphatic hydroxyl groups excluding tert-OH is 1. The molecule has 1 heterocycles. The van der Waals surface area contributed by atoms with E-state index in [4.69, 9.17) is 9.47 Å². The van der Waals surface area contributed by atoms with Gasteiger partial charge >= 0.3 is 0 Å². The molecule has 15 heavy (non-hydrogen) atoms. The van der Waals surface area contributed by atoms with Gasteiger partial charge in [-0.25, -0.2) is 0 Å². The highest BCUT2D eigenvalue weighted by atomic mass is 16.6. The second-order valence-corrected chi connectivity index (χ2v) is 3.89. The van der Waals surface area contributed by atoms with E-state index in [1.165, 1.54) is 0 Å². The van der Waals surface area contributed by atoms with Crippen molar-refractivity contribution in [3.05, 3.63) is 35.4 Å². The highest BCUT2D eigenvalue weighted by Crippen LogP contribution is 2.14. The zero-order valence-corrected chi connectivity index (χ0v) is 8.85. The number of rotatable bonds is 4. The molecule has 0 amide bonds. The van der Waals surface area contributed by atoms with Gasteiger partial charge in [0, 0.05) is 0 Å². The van der Waals surface area contributed by atoms with Gasteiger partial charge in [-0.1, -0.05) is 24.3 Å². The van der Waals surface area contributed by atoms with Crippen LogP contribution in [0.2, 0.25) is 0 Å². The summed E-state index contributed by atoms with van der Waals surface area (Å²) < 4.78 is 10.6. The lowest BCUT2D eigenvalue weighted by molar-refractivity contribution is -0.135. The van der Waals surface area contributed by atoms with Crippen LogP contribution in [0.25, 0.3) is 0 Å². The molecule has 82 valence electrons. The molecule has 1 aromatic carbocycles. The molecule has 0 aromatic heterocycles. The molecule has 1 aromatic rings. The van der Waals surface area contributed by atoms with Gasteiger partial charge in [0.25, 0.3) is 0 Å². The largest absolute Gasteiger partial charge is 0.389 e. The predicted molar refractivity (Wildman–Crippen MR) is 56.5 cm³/mol. The van der Waals surface area contributed by atoms with Crippen LogP contribution < -0.4 is 0 Å². The maximum atomic E-state index is 9.33. The standard InChI is InChI=1S/C12H16O3/c1-9(13)11-4-2-10(3-5-11)6-15-12-7-14-8-12/h2-5,9,12-13H,6-8H2,1H3. The fraction of sp³-hybridized carbons (Fsp3) is 0.500. The molecule has 1 atom stereocenters. The number of hydrogen-bond donors (Lipinski definition) is 1. The Balaban J connectivity index is 1.86. The molecule has 1 fully saturated rings. The fourth-order valence-electron chi connectivity index (χ4n) is 1.42. The first kappa shape index (κ1) is 10.6. The summed E-state index contributed by atoms with van der Waals surface area (Å²) in [5, 5.41) is 9.33.